The van der Waals surface area contributed by atoms with Crippen molar-refractivity contribution in [2.24, 2.45) is 0 Å². The van der Waals surface area contributed by atoms with Crippen LogP contribution < -0.4 is 14.2 Å². The van der Waals surface area contributed by atoms with Crippen LogP contribution in [0.15, 0.2) is 47.4 Å². The molecule has 0 spiro atoms. The van der Waals surface area contributed by atoms with Gasteiger partial charge in [-0.1, -0.05) is 26.0 Å². The lowest BCUT2D eigenvalue weighted by Gasteiger charge is -2.14. The molecule has 2 aromatic carbocycles. The quantitative estimate of drug-likeness (QED) is 0.833. The van der Waals surface area contributed by atoms with Gasteiger partial charge in [0.1, 0.15) is 11.5 Å². The first kappa shape index (κ1) is 18.3. The molecule has 0 fully saturated rings. The topological polar surface area (TPSA) is 64.6 Å². The van der Waals surface area contributed by atoms with E-state index in [2.05, 4.69) is 4.72 Å². The molecule has 0 amide bonds. The van der Waals surface area contributed by atoms with Gasteiger partial charge in [0, 0.05) is 6.54 Å². The molecular formula is C18H23NO4S. The van der Waals surface area contributed by atoms with Crippen LogP contribution in [0.2, 0.25) is 0 Å². The average Bonchev–Trinajstić information content (AvgIpc) is 2.59. The molecule has 5 nitrogen and oxygen atoms in total. The van der Waals surface area contributed by atoms with Gasteiger partial charge in [-0.15, -0.1) is 0 Å². The molecule has 0 aliphatic heterocycles. The lowest BCUT2D eigenvalue weighted by molar-refractivity contribution is 0.407. The smallest absolute Gasteiger partial charge is 0.240 e. The second kappa shape index (κ2) is 7.68. The maximum absolute atomic E-state index is 12.6. The Bertz CT molecular complexity index is 800. The van der Waals surface area contributed by atoms with E-state index in [9.17, 15) is 8.42 Å². The van der Waals surface area contributed by atoms with E-state index in [1.165, 1.54) is 0 Å². The van der Waals surface area contributed by atoms with Crippen molar-refractivity contribution in [1.29, 1.82) is 0 Å². The van der Waals surface area contributed by atoms with Crippen LogP contribution in [0.4, 0.5) is 0 Å². The van der Waals surface area contributed by atoms with E-state index < -0.39 is 10.0 Å². The molecule has 6 heteroatoms. The Kier molecular flexibility index (Phi) is 5.85. The van der Waals surface area contributed by atoms with Gasteiger partial charge in [0.15, 0.2) is 0 Å². The molecule has 0 aliphatic rings. The van der Waals surface area contributed by atoms with E-state index in [-0.39, 0.29) is 17.4 Å². The lowest BCUT2D eigenvalue weighted by atomic mass is 10.0. The Morgan fingerprint density at radius 2 is 1.79 bits per heavy atom. The molecule has 130 valence electrons. The van der Waals surface area contributed by atoms with Crippen molar-refractivity contribution in [2.75, 3.05) is 14.2 Å². The van der Waals surface area contributed by atoms with Gasteiger partial charge in [-0.05, 0) is 47.4 Å². The van der Waals surface area contributed by atoms with Crippen molar-refractivity contribution < 1.29 is 17.9 Å². The van der Waals surface area contributed by atoms with E-state index in [4.69, 9.17) is 9.47 Å². The van der Waals surface area contributed by atoms with Gasteiger partial charge in [-0.3, -0.25) is 0 Å². The molecule has 0 aromatic heterocycles. The first-order chi connectivity index (χ1) is 11.4. The monoisotopic (exact) mass is 349 g/mol. The number of methoxy groups -OCH3 is 2. The number of ether oxygens (including phenoxy) is 2. The molecule has 2 rings (SSSR count). The molecule has 1 N–H and O–H groups in total. The predicted molar refractivity (Wildman–Crippen MR) is 94.1 cm³/mol. The molecule has 0 saturated carbocycles. The van der Waals surface area contributed by atoms with Crippen molar-refractivity contribution in [3.05, 3.63) is 53.6 Å². The van der Waals surface area contributed by atoms with Gasteiger partial charge >= 0.3 is 0 Å². The van der Waals surface area contributed by atoms with Crippen molar-refractivity contribution in [2.45, 2.75) is 31.2 Å². The zero-order chi connectivity index (χ0) is 17.7. The van der Waals surface area contributed by atoms with Crippen molar-refractivity contribution in [3.8, 4) is 11.5 Å². The van der Waals surface area contributed by atoms with Crippen LogP contribution in [-0.2, 0) is 16.6 Å². The highest BCUT2D eigenvalue weighted by molar-refractivity contribution is 7.89. The molecule has 0 unspecified atom stereocenters. The lowest BCUT2D eigenvalue weighted by Crippen LogP contribution is -2.23. The summed E-state index contributed by atoms with van der Waals surface area (Å²) in [4.78, 5) is 0.231. The molecule has 0 atom stereocenters. The SMILES string of the molecule is COc1cccc(CNS(=O)(=O)c2ccc(OC)c(C(C)C)c2)c1. The van der Waals surface area contributed by atoms with Crippen LogP contribution in [0, 0.1) is 0 Å². The summed E-state index contributed by atoms with van der Waals surface area (Å²) in [6, 6.07) is 12.2. The number of hydrogen-bond acceptors (Lipinski definition) is 4. The van der Waals surface area contributed by atoms with E-state index in [0.717, 1.165) is 11.1 Å². The van der Waals surface area contributed by atoms with E-state index in [0.29, 0.717) is 11.5 Å². The Balaban J connectivity index is 2.22. The maximum Gasteiger partial charge on any atom is 0.240 e. The van der Waals surface area contributed by atoms with E-state index in [1.807, 2.05) is 32.0 Å². The number of sulfonamides is 1. The number of benzene rings is 2. The highest BCUT2D eigenvalue weighted by atomic mass is 32.2. The fourth-order valence-corrected chi connectivity index (χ4v) is 3.43. The number of rotatable bonds is 7. The van der Waals surface area contributed by atoms with Crippen LogP contribution in [-0.4, -0.2) is 22.6 Å². The van der Waals surface area contributed by atoms with Crippen LogP contribution in [0.25, 0.3) is 0 Å². The number of nitrogens with one attached hydrogen (secondary N) is 1. The minimum atomic E-state index is -3.61. The molecule has 0 heterocycles. The Labute approximate surface area is 143 Å². The summed E-state index contributed by atoms with van der Waals surface area (Å²) in [6.07, 6.45) is 0. The fourth-order valence-electron chi connectivity index (χ4n) is 2.37. The Morgan fingerprint density at radius 3 is 2.42 bits per heavy atom. The van der Waals surface area contributed by atoms with Gasteiger partial charge in [0.25, 0.3) is 0 Å². The van der Waals surface area contributed by atoms with Gasteiger partial charge in [-0.2, -0.15) is 0 Å². The van der Waals surface area contributed by atoms with Crippen LogP contribution in [0.3, 0.4) is 0 Å². The van der Waals surface area contributed by atoms with Gasteiger partial charge in [0.05, 0.1) is 19.1 Å². The van der Waals surface area contributed by atoms with Gasteiger partial charge in [-0.25, -0.2) is 13.1 Å². The van der Waals surface area contributed by atoms with E-state index >= 15 is 0 Å². The van der Waals surface area contributed by atoms with Crippen LogP contribution in [0.5, 0.6) is 11.5 Å². The molecular weight excluding hydrogens is 326 g/mol. The van der Waals surface area contributed by atoms with Crippen molar-refractivity contribution >= 4 is 10.0 Å². The first-order valence-corrected chi connectivity index (χ1v) is 9.16. The summed E-state index contributed by atoms with van der Waals surface area (Å²) in [5.41, 5.74) is 1.69. The second-order valence-corrected chi connectivity index (χ2v) is 7.50. The number of hydrogen-bond donors (Lipinski definition) is 1. The molecule has 0 aliphatic carbocycles. The summed E-state index contributed by atoms with van der Waals surface area (Å²) in [5.74, 6) is 1.54. The van der Waals surface area contributed by atoms with E-state index in [1.54, 1.807) is 38.5 Å². The molecule has 0 radical (unpaired) electrons. The standard InChI is InChI=1S/C18H23NO4S/c1-13(2)17-11-16(8-9-18(17)23-4)24(20,21)19-12-14-6-5-7-15(10-14)22-3/h5-11,13,19H,12H2,1-4H3. The summed E-state index contributed by atoms with van der Waals surface area (Å²) < 4.78 is 38.2. The average molecular weight is 349 g/mol. The zero-order valence-corrected chi connectivity index (χ0v) is 15.2. The molecule has 0 bridgehead atoms. The second-order valence-electron chi connectivity index (χ2n) is 5.73. The third kappa shape index (κ3) is 4.27. The Morgan fingerprint density at radius 1 is 1.04 bits per heavy atom. The highest BCUT2D eigenvalue weighted by Crippen LogP contribution is 2.28. The van der Waals surface area contributed by atoms with Crippen molar-refractivity contribution in [3.63, 3.8) is 0 Å². The zero-order valence-electron chi connectivity index (χ0n) is 14.4. The highest BCUT2D eigenvalue weighted by Gasteiger charge is 2.17. The molecule has 0 saturated heterocycles. The third-order valence-corrected chi connectivity index (χ3v) is 5.13. The summed E-state index contributed by atoms with van der Waals surface area (Å²) in [5, 5.41) is 0. The van der Waals surface area contributed by atoms with Crippen LogP contribution >= 0.6 is 0 Å². The Hall–Kier alpha value is -2.05. The summed E-state index contributed by atoms with van der Waals surface area (Å²) >= 11 is 0. The fraction of sp³-hybridized carbons (Fsp3) is 0.333. The van der Waals surface area contributed by atoms with Crippen LogP contribution in [0.1, 0.15) is 30.9 Å². The summed E-state index contributed by atoms with van der Waals surface area (Å²) in [7, 11) is -0.448. The minimum Gasteiger partial charge on any atom is -0.497 e. The van der Waals surface area contributed by atoms with Gasteiger partial charge in [0.2, 0.25) is 10.0 Å². The molecule has 24 heavy (non-hydrogen) atoms. The normalized spacial score (nSPS) is 11.5. The first-order valence-electron chi connectivity index (χ1n) is 7.68. The largest absolute Gasteiger partial charge is 0.497 e. The predicted octanol–water partition coefficient (Wildman–Crippen LogP) is 3.31. The summed E-state index contributed by atoms with van der Waals surface area (Å²) in [6.45, 7) is 4.19. The minimum absolute atomic E-state index is 0.161. The van der Waals surface area contributed by atoms with Crippen molar-refractivity contribution in [1.82, 2.24) is 4.72 Å². The maximum atomic E-state index is 12.6. The molecule has 2 aromatic rings. The van der Waals surface area contributed by atoms with Gasteiger partial charge < -0.3 is 9.47 Å². The third-order valence-electron chi connectivity index (χ3n) is 3.73.